The van der Waals surface area contributed by atoms with Crippen LogP contribution in [0.2, 0.25) is 10.0 Å². The van der Waals surface area contributed by atoms with Crippen molar-refractivity contribution in [3.63, 3.8) is 0 Å². The van der Waals surface area contributed by atoms with Gasteiger partial charge in [0.2, 0.25) is 0 Å². The number of nitrogens with zero attached hydrogens (tertiary/aromatic N) is 1. The Kier molecular flexibility index (Phi) is 5.66. The molecule has 1 aliphatic rings. The van der Waals surface area contributed by atoms with Crippen molar-refractivity contribution >= 4 is 56.4 Å². The highest BCUT2D eigenvalue weighted by Crippen LogP contribution is 2.30. The molecule has 1 saturated heterocycles. The number of nitrogens with one attached hydrogen (secondary N) is 1. The molecule has 24 heavy (non-hydrogen) atoms. The van der Waals surface area contributed by atoms with Gasteiger partial charge in [-0.25, -0.2) is 0 Å². The van der Waals surface area contributed by atoms with Crippen LogP contribution in [0.5, 0.6) is 0 Å². The highest BCUT2D eigenvalue weighted by Gasteiger charge is 2.16. The largest absolute Gasteiger partial charge is 0.378 e. The van der Waals surface area contributed by atoms with Gasteiger partial charge in [0.05, 0.1) is 29.5 Å². The summed E-state index contributed by atoms with van der Waals surface area (Å²) in [7, 11) is 0. The van der Waals surface area contributed by atoms with E-state index in [0.717, 1.165) is 36.5 Å². The molecule has 0 aromatic heterocycles. The predicted octanol–water partition coefficient (Wildman–Crippen LogP) is 4.84. The van der Waals surface area contributed by atoms with Crippen LogP contribution in [-0.2, 0) is 4.74 Å². The molecule has 0 bridgehead atoms. The van der Waals surface area contributed by atoms with Crippen molar-refractivity contribution in [1.82, 2.24) is 0 Å². The fourth-order valence-electron chi connectivity index (χ4n) is 2.52. The van der Waals surface area contributed by atoms with Gasteiger partial charge in [0.25, 0.3) is 5.91 Å². The van der Waals surface area contributed by atoms with Crippen molar-refractivity contribution in [2.45, 2.75) is 0 Å². The third-order valence-electron chi connectivity index (χ3n) is 3.73. The van der Waals surface area contributed by atoms with Gasteiger partial charge in [0.1, 0.15) is 0 Å². The number of morpholine rings is 1. The van der Waals surface area contributed by atoms with Crippen molar-refractivity contribution in [2.75, 3.05) is 36.5 Å². The van der Waals surface area contributed by atoms with Crippen LogP contribution in [0.15, 0.2) is 40.9 Å². The van der Waals surface area contributed by atoms with Crippen LogP contribution in [-0.4, -0.2) is 32.2 Å². The van der Waals surface area contributed by atoms with Gasteiger partial charge in [-0.1, -0.05) is 23.2 Å². The molecule has 1 heterocycles. The van der Waals surface area contributed by atoms with E-state index >= 15 is 0 Å². The molecule has 3 rings (SSSR count). The molecule has 1 fully saturated rings. The van der Waals surface area contributed by atoms with E-state index in [1.165, 1.54) is 0 Å². The fraction of sp³-hybridized carbons (Fsp3) is 0.235. The maximum atomic E-state index is 12.4. The van der Waals surface area contributed by atoms with Crippen LogP contribution in [0.25, 0.3) is 0 Å². The lowest BCUT2D eigenvalue weighted by Gasteiger charge is -2.29. The summed E-state index contributed by atoms with van der Waals surface area (Å²) in [5.41, 5.74) is 2.11. The summed E-state index contributed by atoms with van der Waals surface area (Å²) in [5.74, 6) is -0.298. The monoisotopic (exact) mass is 428 g/mol. The lowest BCUT2D eigenvalue weighted by Crippen LogP contribution is -2.36. The summed E-state index contributed by atoms with van der Waals surface area (Å²) >= 11 is 15.6. The molecule has 2 aromatic rings. The van der Waals surface area contributed by atoms with Crippen molar-refractivity contribution in [3.8, 4) is 0 Å². The maximum Gasteiger partial charge on any atom is 0.257 e. The van der Waals surface area contributed by atoms with Gasteiger partial charge in [0.15, 0.2) is 0 Å². The van der Waals surface area contributed by atoms with Crippen LogP contribution in [0.3, 0.4) is 0 Å². The molecule has 0 atom stereocenters. The smallest absolute Gasteiger partial charge is 0.257 e. The SMILES string of the molecule is O=C(Nc1ccc(N2CCOCC2)c(Br)c1)c1cc(Cl)ccc1Cl. The van der Waals surface area contributed by atoms with Gasteiger partial charge in [-0.3, -0.25) is 4.79 Å². The zero-order valence-corrected chi connectivity index (χ0v) is 15.8. The van der Waals surface area contributed by atoms with Gasteiger partial charge in [-0.05, 0) is 52.3 Å². The van der Waals surface area contributed by atoms with E-state index in [4.69, 9.17) is 27.9 Å². The molecule has 1 N–H and O–H groups in total. The summed E-state index contributed by atoms with van der Waals surface area (Å²) in [5, 5.41) is 3.67. The van der Waals surface area contributed by atoms with E-state index in [9.17, 15) is 4.79 Å². The summed E-state index contributed by atoms with van der Waals surface area (Å²) < 4.78 is 6.29. The molecule has 0 radical (unpaired) electrons. The van der Waals surface area contributed by atoms with Crippen molar-refractivity contribution in [3.05, 3.63) is 56.5 Å². The van der Waals surface area contributed by atoms with Crippen LogP contribution in [0, 0.1) is 0 Å². The third kappa shape index (κ3) is 4.03. The number of amides is 1. The molecule has 0 saturated carbocycles. The minimum Gasteiger partial charge on any atom is -0.378 e. The number of hydrogen-bond donors (Lipinski definition) is 1. The van der Waals surface area contributed by atoms with Crippen LogP contribution in [0.4, 0.5) is 11.4 Å². The number of halogens is 3. The lowest BCUT2D eigenvalue weighted by molar-refractivity contribution is 0.102. The summed E-state index contributed by atoms with van der Waals surface area (Å²) in [6.45, 7) is 3.14. The first-order valence-electron chi connectivity index (χ1n) is 7.43. The van der Waals surface area contributed by atoms with E-state index in [0.29, 0.717) is 21.3 Å². The Balaban J connectivity index is 1.77. The Bertz CT molecular complexity index is 764. The standard InChI is InChI=1S/C17H15BrCl2N2O2/c18-14-10-12(2-4-16(14)22-5-7-24-8-6-22)21-17(23)13-9-11(19)1-3-15(13)20/h1-4,9-10H,5-8H2,(H,21,23). The number of carbonyl (C=O) groups is 1. The number of benzene rings is 2. The molecule has 4 nitrogen and oxygen atoms in total. The van der Waals surface area contributed by atoms with Gasteiger partial charge >= 0.3 is 0 Å². The van der Waals surface area contributed by atoms with Crippen molar-refractivity contribution in [1.29, 1.82) is 0 Å². The lowest BCUT2D eigenvalue weighted by atomic mass is 10.2. The highest BCUT2D eigenvalue weighted by atomic mass is 79.9. The molecule has 0 aliphatic carbocycles. The number of hydrogen-bond acceptors (Lipinski definition) is 3. The molecule has 2 aromatic carbocycles. The number of ether oxygens (including phenoxy) is 1. The van der Waals surface area contributed by atoms with Gasteiger partial charge in [-0.15, -0.1) is 0 Å². The Morgan fingerprint density at radius 2 is 1.88 bits per heavy atom. The van der Waals surface area contributed by atoms with Crippen LogP contribution in [0.1, 0.15) is 10.4 Å². The normalized spacial score (nSPS) is 14.5. The van der Waals surface area contributed by atoms with E-state index < -0.39 is 0 Å². The Hall–Kier alpha value is -1.27. The third-order valence-corrected chi connectivity index (χ3v) is 4.93. The zero-order valence-electron chi connectivity index (χ0n) is 12.7. The Labute approximate surface area is 158 Å². The van der Waals surface area contributed by atoms with Gasteiger partial charge in [-0.2, -0.15) is 0 Å². The minimum absolute atomic E-state index is 0.298. The number of anilines is 2. The molecule has 7 heteroatoms. The average molecular weight is 430 g/mol. The van der Waals surface area contributed by atoms with E-state index in [-0.39, 0.29) is 5.91 Å². The second kappa shape index (κ2) is 7.74. The van der Waals surface area contributed by atoms with Crippen LogP contribution < -0.4 is 10.2 Å². The molecule has 126 valence electrons. The number of carbonyl (C=O) groups excluding carboxylic acids is 1. The summed E-state index contributed by atoms with van der Waals surface area (Å²) in [6, 6.07) is 10.5. The maximum absolute atomic E-state index is 12.4. The minimum atomic E-state index is -0.298. The first-order chi connectivity index (χ1) is 11.5. The summed E-state index contributed by atoms with van der Waals surface area (Å²) in [6.07, 6.45) is 0. The quantitative estimate of drug-likeness (QED) is 0.758. The molecular formula is C17H15BrCl2N2O2. The molecule has 0 spiro atoms. The topological polar surface area (TPSA) is 41.6 Å². The highest BCUT2D eigenvalue weighted by molar-refractivity contribution is 9.10. The van der Waals surface area contributed by atoms with Gasteiger partial charge in [0, 0.05) is 28.3 Å². The molecular weight excluding hydrogens is 415 g/mol. The second-order valence-corrected chi connectivity index (χ2v) is 7.04. The molecule has 0 unspecified atom stereocenters. The second-order valence-electron chi connectivity index (χ2n) is 5.34. The first kappa shape index (κ1) is 17.5. The van der Waals surface area contributed by atoms with Crippen molar-refractivity contribution < 1.29 is 9.53 Å². The molecule has 1 aliphatic heterocycles. The zero-order chi connectivity index (χ0) is 17.1. The Morgan fingerprint density at radius 1 is 1.12 bits per heavy atom. The average Bonchev–Trinajstić information content (AvgIpc) is 2.58. The first-order valence-corrected chi connectivity index (χ1v) is 8.98. The van der Waals surface area contributed by atoms with Crippen LogP contribution >= 0.6 is 39.1 Å². The predicted molar refractivity (Wildman–Crippen MR) is 102 cm³/mol. The summed E-state index contributed by atoms with van der Waals surface area (Å²) in [4.78, 5) is 14.6. The van der Waals surface area contributed by atoms with E-state index in [1.807, 2.05) is 18.2 Å². The van der Waals surface area contributed by atoms with Crippen molar-refractivity contribution in [2.24, 2.45) is 0 Å². The molecule has 1 amide bonds. The van der Waals surface area contributed by atoms with E-state index in [2.05, 4.69) is 26.1 Å². The fourth-order valence-corrected chi connectivity index (χ4v) is 3.52. The number of rotatable bonds is 3. The Morgan fingerprint density at radius 3 is 2.58 bits per heavy atom. The van der Waals surface area contributed by atoms with E-state index in [1.54, 1.807) is 18.2 Å². The van der Waals surface area contributed by atoms with Gasteiger partial charge < -0.3 is 15.0 Å².